The van der Waals surface area contributed by atoms with Crippen LogP contribution in [0.5, 0.6) is 11.5 Å². The molecule has 142 valence electrons. The van der Waals surface area contributed by atoms with Gasteiger partial charge < -0.3 is 19.9 Å². The van der Waals surface area contributed by atoms with E-state index >= 15 is 0 Å². The van der Waals surface area contributed by atoms with Crippen molar-refractivity contribution in [2.24, 2.45) is 0 Å². The summed E-state index contributed by atoms with van der Waals surface area (Å²) in [6, 6.07) is 10.5. The van der Waals surface area contributed by atoms with Gasteiger partial charge in [0.1, 0.15) is 17.0 Å². The lowest BCUT2D eigenvalue weighted by molar-refractivity contribution is 0.0697. The molecule has 0 amide bonds. The highest BCUT2D eigenvalue weighted by Crippen LogP contribution is 2.25. The van der Waals surface area contributed by atoms with Gasteiger partial charge >= 0.3 is 5.97 Å². The summed E-state index contributed by atoms with van der Waals surface area (Å²) in [6.45, 7) is 0.500. The quantitative estimate of drug-likeness (QED) is 0.532. The minimum Gasteiger partial charge on any atom is -0.497 e. The van der Waals surface area contributed by atoms with Crippen LogP contribution in [0.3, 0.4) is 0 Å². The Morgan fingerprint density at radius 3 is 2.54 bits per heavy atom. The normalized spacial score (nSPS) is 10.9. The second kappa shape index (κ2) is 7.07. The number of carbonyl (C=O) groups is 1. The Kier molecular flexibility index (Phi) is 4.44. The predicted octanol–water partition coefficient (Wildman–Crippen LogP) is 3.21. The summed E-state index contributed by atoms with van der Waals surface area (Å²) in [6.07, 6.45) is 3.33. The van der Waals surface area contributed by atoms with Crippen LogP contribution in [0.15, 0.2) is 48.9 Å². The van der Waals surface area contributed by atoms with Crippen molar-refractivity contribution in [2.75, 3.05) is 19.5 Å². The van der Waals surface area contributed by atoms with E-state index in [1.807, 2.05) is 22.6 Å². The van der Waals surface area contributed by atoms with Gasteiger partial charge in [-0.05, 0) is 35.9 Å². The van der Waals surface area contributed by atoms with Gasteiger partial charge in [0.25, 0.3) is 0 Å². The van der Waals surface area contributed by atoms with Crippen LogP contribution in [-0.2, 0) is 6.54 Å². The molecule has 28 heavy (non-hydrogen) atoms. The van der Waals surface area contributed by atoms with Crippen LogP contribution < -0.4 is 14.8 Å². The van der Waals surface area contributed by atoms with E-state index in [1.165, 1.54) is 6.07 Å². The highest BCUT2D eigenvalue weighted by Gasteiger charge is 2.12. The number of ether oxygens (including phenoxy) is 2. The number of imidazole rings is 1. The number of aromatic nitrogens is 3. The average Bonchev–Trinajstić information content (AvgIpc) is 3.21. The van der Waals surface area contributed by atoms with Crippen molar-refractivity contribution in [3.05, 3.63) is 60.0 Å². The number of hydrogen-bond acceptors (Lipinski definition) is 6. The lowest BCUT2D eigenvalue weighted by Gasteiger charge is -2.12. The summed E-state index contributed by atoms with van der Waals surface area (Å²) in [7, 11) is 3.22. The highest BCUT2D eigenvalue weighted by atomic mass is 16.5. The molecule has 2 aromatic heterocycles. The Balaban J connectivity index is 1.72. The van der Waals surface area contributed by atoms with E-state index in [0.717, 1.165) is 11.1 Å². The Labute approximate surface area is 160 Å². The van der Waals surface area contributed by atoms with Gasteiger partial charge in [-0.1, -0.05) is 0 Å². The fourth-order valence-electron chi connectivity index (χ4n) is 3.07. The number of fused-ring (bicyclic) bond motifs is 3. The molecule has 2 heterocycles. The second-order valence-electron chi connectivity index (χ2n) is 6.19. The van der Waals surface area contributed by atoms with E-state index in [-0.39, 0.29) is 5.56 Å². The minimum absolute atomic E-state index is 0.202. The van der Waals surface area contributed by atoms with Crippen molar-refractivity contribution in [1.82, 2.24) is 14.4 Å². The molecule has 0 bridgehead atoms. The number of rotatable bonds is 6. The average molecular weight is 378 g/mol. The Bertz CT molecular complexity index is 1160. The van der Waals surface area contributed by atoms with Gasteiger partial charge in [0.15, 0.2) is 5.82 Å². The summed E-state index contributed by atoms with van der Waals surface area (Å²) in [5.74, 6) is 1.08. The number of carboxylic acids is 1. The molecule has 0 radical (unpaired) electrons. The number of aromatic carboxylic acids is 1. The van der Waals surface area contributed by atoms with Crippen molar-refractivity contribution in [2.45, 2.75) is 6.54 Å². The van der Waals surface area contributed by atoms with Gasteiger partial charge in [-0.25, -0.2) is 14.8 Å². The second-order valence-corrected chi connectivity index (χ2v) is 6.19. The molecule has 0 aliphatic heterocycles. The first-order chi connectivity index (χ1) is 13.6. The van der Waals surface area contributed by atoms with E-state index < -0.39 is 5.97 Å². The largest absolute Gasteiger partial charge is 0.497 e. The molecular weight excluding hydrogens is 360 g/mol. The zero-order chi connectivity index (χ0) is 19.7. The molecule has 0 spiro atoms. The number of benzene rings is 2. The Hall–Kier alpha value is -3.81. The lowest BCUT2D eigenvalue weighted by Crippen LogP contribution is -2.05. The molecule has 4 aromatic rings. The molecule has 0 saturated carbocycles. The molecular formula is C20H18N4O4. The van der Waals surface area contributed by atoms with E-state index in [1.54, 1.807) is 38.9 Å². The molecule has 0 aliphatic carbocycles. The smallest absolute Gasteiger partial charge is 0.335 e. The molecule has 0 unspecified atom stereocenters. The summed E-state index contributed by atoms with van der Waals surface area (Å²) in [5.41, 5.74) is 3.28. The summed E-state index contributed by atoms with van der Waals surface area (Å²) in [4.78, 5) is 20.1. The van der Waals surface area contributed by atoms with Crippen LogP contribution in [-0.4, -0.2) is 39.7 Å². The molecule has 0 atom stereocenters. The molecule has 2 N–H and O–H groups in total. The molecule has 8 heteroatoms. The standard InChI is InChI=1S/C20H18N4O4/c1-27-14-5-12(6-15(8-14)28-2)9-22-19-18-10-21-11-24(18)17-7-13(20(25)26)3-4-16(17)23-19/h3-8,10-11H,9H2,1-2H3,(H,22,23)(H,25,26). The fourth-order valence-corrected chi connectivity index (χ4v) is 3.07. The molecule has 8 nitrogen and oxygen atoms in total. The lowest BCUT2D eigenvalue weighted by atomic mass is 10.2. The van der Waals surface area contributed by atoms with E-state index in [2.05, 4.69) is 15.3 Å². The third-order valence-electron chi connectivity index (χ3n) is 4.47. The van der Waals surface area contributed by atoms with Crippen LogP contribution in [0.2, 0.25) is 0 Å². The SMILES string of the molecule is COc1cc(CNc2nc3ccc(C(=O)O)cc3n3cncc23)cc(OC)c1. The van der Waals surface area contributed by atoms with Crippen molar-refractivity contribution in [1.29, 1.82) is 0 Å². The van der Waals surface area contributed by atoms with Gasteiger partial charge in [0, 0.05) is 12.6 Å². The molecule has 2 aromatic carbocycles. The van der Waals surface area contributed by atoms with E-state index in [0.29, 0.717) is 34.9 Å². The Morgan fingerprint density at radius 1 is 1.11 bits per heavy atom. The van der Waals surface area contributed by atoms with Gasteiger partial charge in [-0.3, -0.25) is 4.40 Å². The van der Waals surface area contributed by atoms with Crippen LogP contribution >= 0.6 is 0 Å². The molecule has 0 saturated heterocycles. The van der Waals surface area contributed by atoms with Crippen LogP contribution in [0.1, 0.15) is 15.9 Å². The minimum atomic E-state index is -0.982. The summed E-state index contributed by atoms with van der Waals surface area (Å²) in [5, 5.41) is 12.6. The van der Waals surface area contributed by atoms with Crippen LogP contribution in [0, 0.1) is 0 Å². The first-order valence-electron chi connectivity index (χ1n) is 8.54. The fraction of sp³-hybridized carbons (Fsp3) is 0.150. The van der Waals surface area contributed by atoms with Crippen molar-refractivity contribution in [3.8, 4) is 11.5 Å². The summed E-state index contributed by atoms with van der Waals surface area (Å²) >= 11 is 0. The predicted molar refractivity (Wildman–Crippen MR) is 104 cm³/mol. The van der Waals surface area contributed by atoms with Gasteiger partial charge in [-0.2, -0.15) is 0 Å². The van der Waals surface area contributed by atoms with Gasteiger partial charge in [0.2, 0.25) is 0 Å². The zero-order valence-corrected chi connectivity index (χ0v) is 15.3. The number of carboxylic acid groups (broad SMARTS) is 1. The maximum Gasteiger partial charge on any atom is 0.335 e. The number of nitrogens with zero attached hydrogens (tertiary/aromatic N) is 3. The first-order valence-corrected chi connectivity index (χ1v) is 8.54. The molecule has 0 aliphatic rings. The maximum absolute atomic E-state index is 11.3. The number of methoxy groups -OCH3 is 2. The topological polar surface area (TPSA) is 98.0 Å². The monoisotopic (exact) mass is 378 g/mol. The third kappa shape index (κ3) is 3.16. The zero-order valence-electron chi connectivity index (χ0n) is 15.3. The Morgan fingerprint density at radius 2 is 1.86 bits per heavy atom. The number of hydrogen-bond donors (Lipinski definition) is 2. The van der Waals surface area contributed by atoms with Crippen molar-refractivity contribution in [3.63, 3.8) is 0 Å². The maximum atomic E-state index is 11.3. The van der Waals surface area contributed by atoms with Crippen LogP contribution in [0.25, 0.3) is 16.6 Å². The van der Waals surface area contributed by atoms with Gasteiger partial charge in [0.05, 0.1) is 43.3 Å². The first kappa shape index (κ1) is 17.6. The summed E-state index contributed by atoms with van der Waals surface area (Å²) < 4.78 is 12.4. The number of nitrogens with one attached hydrogen (secondary N) is 1. The third-order valence-corrected chi connectivity index (χ3v) is 4.47. The van der Waals surface area contributed by atoms with Crippen LogP contribution in [0.4, 0.5) is 5.82 Å². The van der Waals surface area contributed by atoms with Crippen molar-refractivity contribution < 1.29 is 19.4 Å². The van der Waals surface area contributed by atoms with E-state index in [9.17, 15) is 9.90 Å². The molecule has 4 rings (SSSR count). The van der Waals surface area contributed by atoms with Crippen molar-refractivity contribution >= 4 is 28.3 Å². The molecule has 0 fully saturated rings. The van der Waals surface area contributed by atoms with E-state index in [4.69, 9.17) is 9.47 Å². The highest BCUT2D eigenvalue weighted by molar-refractivity contribution is 5.93. The number of anilines is 1. The van der Waals surface area contributed by atoms with Gasteiger partial charge in [-0.15, -0.1) is 0 Å².